The third-order valence-corrected chi connectivity index (χ3v) is 4.95. The molecule has 0 aliphatic rings. The summed E-state index contributed by atoms with van der Waals surface area (Å²) in [7, 11) is 0. The smallest absolute Gasteiger partial charge is 0.179 e. The molecule has 1 heterocycles. The Bertz CT molecular complexity index is 696. The van der Waals surface area contributed by atoms with Gasteiger partial charge in [0, 0.05) is 24.2 Å². The summed E-state index contributed by atoms with van der Waals surface area (Å²) in [5, 5.41) is 9.31. The average Bonchev–Trinajstić information content (AvgIpc) is 3.07. The fraction of sp³-hybridized carbons (Fsp3) is 0.500. The molecule has 1 aromatic heterocycles. The number of aliphatic hydroxyl groups is 1. The number of halogens is 1. The summed E-state index contributed by atoms with van der Waals surface area (Å²) in [4.78, 5) is 12.6. The van der Waals surface area contributed by atoms with Gasteiger partial charge in [-0.2, -0.15) is 0 Å². The molecule has 0 bridgehead atoms. The average molecular weight is 393 g/mol. The Morgan fingerprint density at radius 1 is 1.11 bits per heavy atom. The van der Waals surface area contributed by atoms with Crippen molar-refractivity contribution in [2.24, 2.45) is 5.73 Å². The Morgan fingerprint density at radius 2 is 1.81 bits per heavy atom. The second-order valence-electron chi connectivity index (χ2n) is 7.38. The highest BCUT2D eigenvalue weighted by molar-refractivity contribution is 5.94. The van der Waals surface area contributed by atoms with Gasteiger partial charge >= 0.3 is 0 Å². The number of benzene rings is 1. The van der Waals surface area contributed by atoms with Gasteiger partial charge in [-0.3, -0.25) is 4.79 Å². The van der Waals surface area contributed by atoms with Gasteiger partial charge in [0.05, 0.1) is 12.3 Å². The molecule has 3 N–H and O–H groups in total. The van der Waals surface area contributed by atoms with Crippen LogP contribution >= 0.6 is 12.4 Å². The molecule has 0 unspecified atom stereocenters. The van der Waals surface area contributed by atoms with Crippen LogP contribution in [0.15, 0.2) is 42.5 Å². The van der Waals surface area contributed by atoms with Crippen molar-refractivity contribution < 1.29 is 9.90 Å². The highest BCUT2D eigenvalue weighted by Gasteiger charge is 2.19. The fourth-order valence-electron chi connectivity index (χ4n) is 3.23. The highest BCUT2D eigenvalue weighted by atomic mass is 35.5. The number of ketones is 1. The van der Waals surface area contributed by atoms with E-state index in [0.29, 0.717) is 12.8 Å². The molecule has 27 heavy (non-hydrogen) atoms. The molecule has 0 amide bonds. The van der Waals surface area contributed by atoms with Crippen LogP contribution in [0.4, 0.5) is 0 Å². The number of aliphatic hydroxyl groups excluding tert-OH is 1. The van der Waals surface area contributed by atoms with E-state index < -0.39 is 5.54 Å². The van der Waals surface area contributed by atoms with Gasteiger partial charge in [-0.15, -0.1) is 12.4 Å². The van der Waals surface area contributed by atoms with Gasteiger partial charge in [-0.1, -0.05) is 30.3 Å². The zero-order chi connectivity index (χ0) is 19.0. The van der Waals surface area contributed by atoms with Gasteiger partial charge in [0.15, 0.2) is 5.78 Å². The predicted molar refractivity (Wildman–Crippen MR) is 114 cm³/mol. The van der Waals surface area contributed by atoms with E-state index in [1.165, 1.54) is 5.56 Å². The Morgan fingerprint density at radius 3 is 2.44 bits per heavy atom. The van der Waals surface area contributed by atoms with Crippen molar-refractivity contribution in [3.8, 4) is 0 Å². The van der Waals surface area contributed by atoms with Crippen LogP contribution < -0.4 is 5.73 Å². The lowest BCUT2D eigenvalue weighted by molar-refractivity contribution is 0.0970. The number of Topliss-reactive ketones (excluding diaryl/α,β-unsaturated/α-hetero) is 1. The fourth-order valence-corrected chi connectivity index (χ4v) is 3.23. The van der Waals surface area contributed by atoms with Gasteiger partial charge in [-0.25, -0.2) is 0 Å². The normalized spacial score (nSPS) is 13.0. The van der Waals surface area contributed by atoms with Crippen molar-refractivity contribution in [3.05, 3.63) is 59.4 Å². The number of aryl methyl sites for hydroxylation is 2. The molecule has 0 saturated heterocycles. The maximum Gasteiger partial charge on any atom is 0.179 e. The number of aromatic nitrogens is 1. The molecule has 4 nitrogen and oxygen atoms in total. The Labute approximate surface area is 169 Å². The second-order valence-corrected chi connectivity index (χ2v) is 7.38. The van der Waals surface area contributed by atoms with E-state index in [4.69, 9.17) is 5.73 Å². The van der Waals surface area contributed by atoms with E-state index in [-0.39, 0.29) is 24.8 Å². The molecule has 150 valence electrons. The monoisotopic (exact) mass is 392 g/mol. The topological polar surface area (TPSA) is 68.2 Å². The predicted octanol–water partition coefficient (Wildman–Crippen LogP) is 4.17. The quantitative estimate of drug-likeness (QED) is 0.445. The van der Waals surface area contributed by atoms with Crippen LogP contribution in [0, 0.1) is 0 Å². The van der Waals surface area contributed by atoms with E-state index in [0.717, 1.165) is 43.6 Å². The summed E-state index contributed by atoms with van der Waals surface area (Å²) in [5.74, 6) is 0.212. The van der Waals surface area contributed by atoms with Crippen molar-refractivity contribution in [1.29, 1.82) is 0 Å². The second kappa shape index (κ2) is 11.3. The number of carbonyl (C=O) groups is 1. The van der Waals surface area contributed by atoms with E-state index in [9.17, 15) is 9.90 Å². The molecular formula is C22H33ClN2O2. The van der Waals surface area contributed by atoms with Crippen LogP contribution in [0.5, 0.6) is 0 Å². The number of carbonyl (C=O) groups excluding carboxylic acids is 1. The van der Waals surface area contributed by atoms with Crippen LogP contribution in [0.25, 0.3) is 0 Å². The first-order valence-corrected chi connectivity index (χ1v) is 9.62. The van der Waals surface area contributed by atoms with E-state index in [1.54, 1.807) is 0 Å². The molecule has 0 aliphatic heterocycles. The highest BCUT2D eigenvalue weighted by Crippen LogP contribution is 2.18. The SMILES string of the molecule is CCn1c(CC[C@@](C)(N)CO)ccc1C(=O)CCCCc1ccccc1.Cl. The number of hydrogen-bond acceptors (Lipinski definition) is 3. The Hall–Kier alpha value is -1.62. The number of nitrogens with two attached hydrogens (primary N) is 1. The summed E-state index contributed by atoms with van der Waals surface area (Å²) in [6.45, 7) is 4.65. The van der Waals surface area contributed by atoms with Crippen LogP contribution in [0.3, 0.4) is 0 Å². The number of rotatable bonds is 11. The first-order valence-electron chi connectivity index (χ1n) is 9.62. The zero-order valence-corrected chi connectivity index (χ0v) is 17.3. The number of unbranched alkanes of at least 4 members (excludes halogenated alkanes) is 1. The van der Waals surface area contributed by atoms with Crippen molar-refractivity contribution in [2.45, 2.75) is 64.5 Å². The van der Waals surface area contributed by atoms with Gasteiger partial charge in [0.1, 0.15) is 0 Å². The summed E-state index contributed by atoms with van der Waals surface area (Å²) < 4.78 is 2.09. The molecule has 2 rings (SSSR count). The number of hydrogen-bond donors (Lipinski definition) is 2. The zero-order valence-electron chi connectivity index (χ0n) is 16.5. The summed E-state index contributed by atoms with van der Waals surface area (Å²) >= 11 is 0. The summed E-state index contributed by atoms with van der Waals surface area (Å²) in [5.41, 5.74) is 8.68. The summed E-state index contributed by atoms with van der Waals surface area (Å²) in [6.07, 6.45) is 4.99. The van der Waals surface area contributed by atoms with Crippen LogP contribution in [0.1, 0.15) is 61.3 Å². The first kappa shape index (κ1) is 23.4. The summed E-state index contributed by atoms with van der Waals surface area (Å²) in [6, 6.07) is 14.4. The Balaban J connectivity index is 0.00000364. The van der Waals surface area contributed by atoms with Crippen molar-refractivity contribution in [2.75, 3.05) is 6.61 Å². The van der Waals surface area contributed by atoms with Crippen LogP contribution in [-0.4, -0.2) is 27.6 Å². The number of nitrogens with zero attached hydrogens (tertiary/aromatic N) is 1. The molecule has 5 heteroatoms. The minimum atomic E-state index is -0.579. The minimum Gasteiger partial charge on any atom is -0.394 e. The van der Waals surface area contributed by atoms with Gasteiger partial charge < -0.3 is 15.4 Å². The van der Waals surface area contributed by atoms with E-state index in [2.05, 4.69) is 35.8 Å². The van der Waals surface area contributed by atoms with Crippen molar-refractivity contribution in [1.82, 2.24) is 4.57 Å². The maximum atomic E-state index is 12.6. The molecule has 0 radical (unpaired) electrons. The molecule has 2 aromatic rings. The van der Waals surface area contributed by atoms with E-state index >= 15 is 0 Å². The molecule has 1 atom stereocenters. The van der Waals surface area contributed by atoms with Crippen molar-refractivity contribution in [3.63, 3.8) is 0 Å². The van der Waals surface area contributed by atoms with Gasteiger partial charge in [0.25, 0.3) is 0 Å². The molecule has 0 fully saturated rings. The van der Waals surface area contributed by atoms with Crippen molar-refractivity contribution >= 4 is 18.2 Å². The van der Waals surface area contributed by atoms with Crippen LogP contribution in [0.2, 0.25) is 0 Å². The maximum absolute atomic E-state index is 12.6. The third kappa shape index (κ3) is 7.13. The van der Waals surface area contributed by atoms with Gasteiger partial charge in [0.2, 0.25) is 0 Å². The minimum absolute atomic E-state index is 0. The standard InChI is InChI=1S/C22H32N2O2.ClH/c1-3-24-19(15-16-22(2,23)17-25)13-14-20(24)21(26)12-8-7-11-18-9-5-4-6-10-18;/h4-6,9-10,13-14,25H,3,7-8,11-12,15-17,23H2,1-2H3;1H/t22-;/m1./s1. The lowest BCUT2D eigenvalue weighted by Crippen LogP contribution is -2.40. The molecular weight excluding hydrogens is 360 g/mol. The largest absolute Gasteiger partial charge is 0.394 e. The lowest BCUT2D eigenvalue weighted by Gasteiger charge is -2.22. The van der Waals surface area contributed by atoms with E-state index in [1.807, 2.05) is 25.1 Å². The molecule has 0 spiro atoms. The third-order valence-electron chi connectivity index (χ3n) is 4.95. The first-order chi connectivity index (χ1) is 12.5. The molecule has 1 aromatic carbocycles. The van der Waals surface area contributed by atoms with Gasteiger partial charge in [-0.05, 0) is 63.6 Å². The Kier molecular flexibility index (Phi) is 9.78. The molecule has 0 aliphatic carbocycles. The lowest BCUT2D eigenvalue weighted by atomic mass is 9.97. The van der Waals surface area contributed by atoms with Crippen LogP contribution in [-0.2, 0) is 19.4 Å². The molecule has 0 saturated carbocycles.